The van der Waals surface area contributed by atoms with Crippen molar-refractivity contribution in [3.63, 3.8) is 0 Å². The summed E-state index contributed by atoms with van der Waals surface area (Å²) in [6.45, 7) is 0. The molecule has 0 aliphatic rings. The van der Waals surface area contributed by atoms with Gasteiger partial charge in [0, 0.05) is 78.6 Å². The Labute approximate surface area is 341 Å². The maximum atomic E-state index is 17.2. The van der Waals surface area contributed by atoms with E-state index in [1.807, 2.05) is 155 Å². The lowest BCUT2D eigenvalue weighted by Crippen LogP contribution is -2.14. The third-order valence-electron chi connectivity index (χ3n) is 11.6. The van der Waals surface area contributed by atoms with Crippen LogP contribution in [0.3, 0.4) is 0 Å². The lowest BCUT2D eigenvalue weighted by atomic mass is 9.91. The number of nitrogens with zero attached hydrogens (tertiary/aromatic N) is 6. The molecule has 282 valence electrons. The van der Waals surface area contributed by atoms with E-state index in [0.717, 1.165) is 77.1 Å². The molecule has 8 aromatic carbocycles. The minimum Gasteiger partial charge on any atom is -0.305 e. The third kappa shape index (κ3) is 5.04. The van der Waals surface area contributed by atoms with Gasteiger partial charge in [-0.3, -0.25) is 19.9 Å². The van der Waals surface area contributed by atoms with Crippen LogP contribution in [0.15, 0.2) is 183 Å². The molecule has 6 nitrogen and oxygen atoms in total. The standard InChI is InChI=1S/C52H30F2N6/c53-39-29-45(59(41-17-1-9-31-13-5-25-55-49(31)41)42-18-2-10-32-14-6-26-56-50(32)42)37-23-21-36-40(54)30-46(38-24-22-35(39)47(37)48(36)38)60(43-19-3-11-33-15-7-27-57-51(33)43)44-20-4-12-34-16-8-28-58-52(34)44/h1-30H. The van der Waals surface area contributed by atoms with E-state index in [1.165, 1.54) is 0 Å². The van der Waals surface area contributed by atoms with Gasteiger partial charge in [-0.2, -0.15) is 0 Å². The highest BCUT2D eigenvalue weighted by atomic mass is 19.1. The molecule has 0 N–H and O–H groups in total. The van der Waals surface area contributed by atoms with Crippen molar-refractivity contribution in [3.05, 3.63) is 194 Å². The highest BCUT2D eigenvalue weighted by Gasteiger charge is 2.28. The average molecular weight is 777 g/mol. The second-order valence-corrected chi connectivity index (χ2v) is 14.9. The molecule has 4 heterocycles. The van der Waals surface area contributed by atoms with Gasteiger partial charge in [-0.1, -0.05) is 97.1 Å². The Morgan fingerprint density at radius 1 is 0.300 bits per heavy atom. The monoisotopic (exact) mass is 776 g/mol. The molecule has 4 aromatic heterocycles. The van der Waals surface area contributed by atoms with Gasteiger partial charge >= 0.3 is 0 Å². The first-order valence-electron chi connectivity index (χ1n) is 19.7. The second-order valence-electron chi connectivity index (χ2n) is 14.9. The zero-order valence-corrected chi connectivity index (χ0v) is 31.8. The molecular formula is C52H30F2N6. The first kappa shape index (κ1) is 34.0. The smallest absolute Gasteiger partial charge is 0.133 e. The van der Waals surface area contributed by atoms with E-state index in [0.29, 0.717) is 32.9 Å². The van der Waals surface area contributed by atoms with E-state index in [2.05, 4.69) is 0 Å². The molecule has 8 heteroatoms. The predicted molar refractivity (Wildman–Crippen MR) is 241 cm³/mol. The van der Waals surface area contributed by atoms with Gasteiger partial charge in [-0.05, 0) is 60.7 Å². The Kier molecular flexibility index (Phi) is 7.49. The van der Waals surface area contributed by atoms with Crippen molar-refractivity contribution in [1.29, 1.82) is 0 Å². The van der Waals surface area contributed by atoms with E-state index < -0.39 is 11.6 Å². The first-order valence-corrected chi connectivity index (χ1v) is 19.7. The van der Waals surface area contributed by atoms with E-state index in [9.17, 15) is 0 Å². The summed E-state index contributed by atoms with van der Waals surface area (Å²) < 4.78 is 34.3. The molecule has 0 fully saturated rings. The highest BCUT2D eigenvalue weighted by molar-refractivity contribution is 6.29. The Balaban J connectivity index is 1.20. The maximum absolute atomic E-state index is 17.2. The van der Waals surface area contributed by atoms with Gasteiger partial charge in [0.15, 0.2) is 0 Å². The van der Waals surface area contributed by atoms with Crippen molar-refractivity contribution < 1.29 is 8.78 Å². The van der Waals surface area contributed by atoms with Crippen LogP contribution in [0.4, 0.5) is 42.9 Å². The summed E-state index contributed by atoms with van der Waals surface area (Å²) in [6, 6.07) is 50.3. The molecule has 0 atom stereocenters. The quantitative estimate of drug-likeness (QED) is 0.157. The highest BCUT2D eigenvalue weighted by Crippen LogP contribution is 2.51. The molecular weight excluding hydrogens is 747 g/mol. The van der Waals surface area contributed by atoms with Crippen molar-refractivity contribution in [3.8, 4) is 0 Å². The van der Waals surface area contributed by atoms with E-state index in [1.54, 1.807) is 36.9 Å². The molecule has 0 spiro atoms. The molecule has 12 aromatic rings. The molecule has 0 saturated carbocycles. The third-order valence-corrected chi connectivity index (χ3v) is 11.6. The topological polar surface area (TPSA) is 58.0 Å². The maximum Gasteiger partial charge on any atom is 0.133 e. The summed E-state index contributed by atoms with van der Waals surface area (Å²) in [5.74, 6) is -0.866. The lowest BCUT2D eigenvalue weighted by Gasteiger charge is -2.30. The molecule has 12 rings (SSSR count). The lowest BCUT2D eigenvalue weighted by molar-refractivity contribution is 0.639. The van der Waals surface area contributed by atoms with Gasteiger partial charge in [0.25, 0.3) is 0 Å². The van der Waals surface area contributed by atoms with E-state index in [4.69, 9.17) is 19.9 Å². The molecule has 0 aliphatic carbocycles. The number of para-hydroxylation sites is 4. The number of hydrogen-bond donors (Lipinski definition) is 0. The SMILES string of the molecule is Fc1cc(N(c2cccc3cccnc23)c2cccc3cccnc23)c2ccc3c(F)cc(N(c4cccc5cccnc45)c4cccc5cccnc45)c4ccc1c2c34. The van der Waals surface area contributed by atoms with Crippen LogP contribution >= 0.6 is 0 Å². The van der Waals surface area contributed by atoms with E-state index >= 15 is 8.78 Å². The Morgan fingerprint density at radius 2 is 0.583 bits per heavy atom. The van der Waals surface area contributed by atoms with Crippen LogP contribution < -0.4 is 9.80 Å². The fourth-order valence-corrected chi connectivity index (χ4v) is 9.09. The Bertz CT molecular complexity index is 3260. The van der Waals surface area contributed by atoms with Gasteiger partial charge in [0.1, 0.15) is 11.6 Å². The molecule has 0 bridgehead atoms. The van der Waals surface area contributed by atoms with Gasteiger partial charge < -0.3 is 9.80 Å². The van der Waals surface area contributed by atoms with Gasteiger partial charge in [0.05, 0.1) is 56.2 Å². The molecule has 0 aliphatic heterocycles. The normalized spacial score (nSPS) is 11.8. The molecule has 0 radical (unpaired) electrons. The zero-order valence-electron chi connectivity index (χ0n) is 31.8. The van der Waals surface area contributed by atoms with Crippen LogP contribution in [0.1, 0.15) is 0 Å². The number of hydrogen-bond acceptors (Lipinski definition) is 6. The predicted octanol–water partition coefficient (Wildman–Crippen LogP) is 14.0. The van der Waals surface area contributed by atoms with Crippen LogP contribution in [0.25, 0.3) is 75.9 Å². The van der Waals surface area contributed by atoms with Crippen molar-refractivity contribution in [2.24, 2.45) is 0 Å². The van der Waals surface area contributed by atoms with Crippen molar-refractivity contribution in [2.45, 2.75) is 0 Å². The van der Waals surface area contributed by atoms with E-state index in [-0.39, 0.29) is 0 Å². The number of fused-ring (bicyclic) bond motifs is 4. The summed E-state index contributed by atoms with van der Waals surface area (Å²) >= 11 is 0. The summed E-state index contributed by atoms with van der Waals surface area (Å²) in [6.07, 6.45) is 7.07. The molecule has 0 saturated heterocycles. The summed E-state index contributed by atoms with van der Waals surface area (Å²) in [4.78, 5) is 23.5. The number of benzene rings is 8. The molecule has 0 unspecified atom stereocenters. The largest absolute Gasteiger partial charge is 0.305 e. The number of pyridine rings is 4. The zero-order chi connectivity index (χ0) is 39.9. The van der Waals surface area contributed by atoms with Crippen LogP contribution in [-0.4, -0.2) is 19.9 Å². The average Bonchev–Trinajstić information content (AvgIpc) is 3.30. The van der Waals surface area contributed by atoms with Gasteiger partial charge in [-0.15, -0.1) is 0 Å². The number of halogens is 2. The van der Waals surface area contributed by atoms with Gasteiger partial charge in [0.2, 0.25) is 0 Å². The number of rotatable bonds is 6. The first-order chi connectivity index (χ1) is 29.6. The molecule has 0 amide bonds. The van der Waals surface area contributed by atoms with Crippen molar-refractivity contribution in [1.82, 2.24) is 19.9 Å². The minimum atomic E-state index is -0.433. The van der Waals surface area contributed by atoms with Crippen LogP contribution in [0.5, 0.6) is 0 Å². The van der Waals surface area contributed by atoms with Crippen molar-refractivity contribution in [2.75, 3.05) is 9.80 Å². The van der Waals surface area contributed by atoms with Gasteiger partial charge in [-0.25, -0.2) is 8.78 Å². The summed E-state index contributed by atoms with van der Waals surface area (Å²) in [5.41, 5.74) is 7.15. The fraction of sp³-hybridized carbons (Fsp3) is 0. The Hall–Kier alpha value is -8.10. The van der Waals surface area contributed by atoms with Crippen molar-refractivity contribution >= 4 is 110 Å². The minimum absolute atomic E-state index is 0.389. The molecule has 60 heavy (non-hydrogen) atoms. The second kappa shape index (κ2) is 13.2. The fourth-order valence-electron chi connectivity index (χ4n) is 9.09. The van der Waals surface area contributed by atoms with Crippen LogP contribution in [-0.2, 0) is 0 Å². The summed E-state index contributed by atoms with van der Waals surface area (Å²) in [7, 11) is 0. The number of aromatic nitrogens is 4. The Morgan fingerprint density at radius 3 is 0.900 bits per heavy atom. The van der Waals surface area contributed by atoms with Crippen LogP contribution in [0, 0.1) is 11.6 Å². The van der Waals surface area contributed by atoms with Crippen LogP contribution in [0.2, 0.25) is 0 Å². The number of anilines is 6. The summed E-state index contributed by atoms with van der Waals surface area (Å²) in [5, 5.41) is 7.22.